The van der Waals surface area contributed by atoms with E-state index in [1.54, 1.807) is 12.1 Å². The van der Waals surface area contributed by atoms with Crippen molar-refractivity contribution in [2.24, 2.45) is 0 Å². The fourth-order valence-electron chi connectivity index (χ4n) is 5.93. The van der Waals surface area contributed by atoms with Gasteiger partial charge in [-0.05, 0) is 84.8 Å². The lowest BCUT2D eigenvalue weighted by atomic mass is 9.84. The highest BCUT2D eigenvalue weighted by Crippen LogP contribution is 2.38. The Morgan fingerprint density at radius 2 is 1.75 bits per heavy atom. The van der Waals surface area contributed by atoms with E-state index < -0.39 is 18.1 Å². The molecule has 1 aliphatic heterocycles. The van der Waals surface area contributed by atoms with E-state index in [-0.39, 0.29) is 19.1 Å². The number of fused-ring (bicyclic) bond motifs is 1. The highest BCUT2D eigenvalue weighted by Gasteiger charge is 2.35. The van der Waals surface area contributed by atoms with Gasteiger partial charge in [0.15, 0.2) is 0 Å². The largest absolute Gasteiger partial charge is 0.492 e. The van der Waals surface area contributed by atoms with Crippen LogP contribution in [0, 0.1) is 0 Å². The lowest BCUT2D eigenvalue weighted by molar-refractivity contribution is -0.137. The molecule has 2 aliphatic rings. The molecule has 3 aromatic carbocycles. The maximum absolute atomic E-state index is 13.4. The van der Waals surface area contributed by atoms with Crippen molar-refractivity contribution in [3.63, 3.8) is 0 Å². The van der Waals surface area contributed by atoms with Crippen molar-refractivity contribution in [2.75, 3.05) is 19.7 Å². The minimum Gasteiger partial charge on any atom is -0.492 e. The van der Waals surface area contributed by atoms with Crippen LogP contribution < -0.4 is 9.47 Å². The summed E-state index contributed by atoms with van der Waals surface area (Å²) in [6, 6.07) is 21.2. The van der Waals surface area contributed by atoms with Crippen molar-refractivity contribution in [1.29, 1.82) is 0 Å². The number of nitrogens with zero attached hydrogens (tertiary/aromatic N) is 1. The van der Waals surface area contributed by atoms with Crippen LogP contribution in [0.25, 0.3) is 0 Å². The smallest absolute Gasteiger partial charge is 0.323 e. The Morgan fingerprint density at radius 1 is 1.02 bits per heavy atom. The molecule has 1 saturated carbocycles. The Kier molecular flexibility index (Phi) is 8.65. The van der Waals surface area contributed by atoms with E-state index in [2.05, 4.69) is 19.1 Å². The van der Waals surface area contributed by atoms with Gasteiger partial charge in [-0.1, -0.05) is 55.1 Å². The van der Waals surface area contributed by atoms with Gasteiger partial charge < -0.3 is 19.5 Å². The second-order valence-corrected chi connectivity index (χ2v) is 11.7. The summed E-state index contributed by atoms with van der Waals surface area (Å²) in [5.41, 5.74) is 3.40. The summed E-state index contributed by atoms with van der Waals surface area (Å²) in [7, 11) is 0. The summed E-state index contributed by atoms with van der Waals surface area (Å²) >= 11 is 6.02. The van der Waals surface area contributed by atoms with Crippen LogP contribution in [0.4, 0.5) is 0 Å². The zero-order valence-corrected chi connectivity index (χ0v) is 23.7. The lowest BCUT2D eigenvalue weighted by Crippen LogP contribution is -2.38. The van der Waals surface area contributed by atoms with Crippen LogP contribution in [0.1, 0.15) is 72.0 Å². The minimum absolute atomic E-state index is 0.164. The number of halogens is 1. The van der Waals surface area contributed by atoms with Crippen LogP contribution in [-0.2, 0) is 17.6 Å². The molecule has 1 unspecified atom stereocenters. The molecular weight excluding hydrogens is 526 g/mol. The van der Waals surface area contributed by atoms with Gasteiger partial charge in [0, 0.05) is 23.4 Å². The number of ether oxygens (including phenoxy) is 2. The van der Waals surface area contributed by atoms with E-state index >= 15 is 0 Å². The fourth-order valence-corrected chi connectivity index (χ4v) is 6.06. The molecule has 0 spiro atoms. The van der Waals surface area contributed by atoms with Crippen molar-refractivity contribution < 1.29 is 24.2 Å². The van der Waals surface area contributed by atoms with Crippen LogP contribution in [0.15, 0.2) is 66.7 Å². The number of carbonyl (C=O) groups excluding carboxylic acids is 1. The highest BCUT2D eigenvalue weighted by atomic mass is 35.5. The standard InChI is InChI=1S/C33H36ClNO5/c1-33(20-23-7-12-28(34)13-8-23)21-27-19-26(11-16-30(27)40-33)32(38)35(22-31(36)37)17-18-39-29-14-9-25(10-15-29)24-5-3-2-4-6-24/h7-16,19,24H,2-6,17-18,20-22H2,1H3,(H,36,37). The van der Waals surface area contributed by atoms with Crippen molar-refractivity contribution in [1.82, 2.24) is 4.90 Å². The van der Waals surface area contributed by atoms with Gasteiger partial charge >= 0.3 is 5.97 Å². The Bertz CT molecular complexity index is 1330. The SMILES string of the molecule is CC1(Cc2ccc(Cl)cc2)Cc2cc(C(=O)N(CCOc3ccc(C4CCCCC4)cc3)CC(=O)O)ccc2O1. The Morgan fingerprint density at radius 3 is 2.45 bits per heavy atom. The van der Waals surface area contributed by atoms with E-state index in [4.69, 9.17) is 21.1 Å². The summed E-state index contributed by atoms with van der Waals surface area (Å²) < 4.78 is 12.2. The zero-order chi connectivity index (χ0) is 28.1. The van der Waals surface area contributed by atoms with Gasteiger partial charge in [0.2, 0.25) is 0 Å². The number of aliphatic carboxylic acids is 1. The molecule has 0 bridgehead atoms. The maximum Gasteiger partial charge on any atom is 0.323 e. The van der Waals surface area contributed by atoms with E-state index in [9.17, 15) is 14.7 Å². The van der Waals surface area contributed by atoms with E-state index in [1.807, 2.05) is 42.5 Å². The average molecular weight is 562 g/mol. The molecule has 0 radical (unpaired) electrons. The molecule has 1 aliphatic carbocycles. The molecule has 1 atom stereocenters. The molecule has 40 heavy (non-hydrogen) atoms. The van der Waals surface area contributed by atoms with Crippen molar-refractivity contribution in [2.45, 2.75) is 63.4 Å². The summed E-state index contributed by atoms with van der Waals surface area (Å²) in [5, 5.41) is 10.2. The number of carboxylic acids is 1. The second-order valence-electron chi connectivity index (χ2n) is 11.2. The molecule has 0 saturated heterocycles. The third-order valence-corrected chi connectivity index (χ3v) is 8.17. The molecule has 3 aromatic rings. The highest BCUT2D eigenvalue weighted by molar-refractivity contribution is 6.30. The van der Waals surface area contributed by atoms with Gasteiger partial charge in [0.25, 0.3) is 5.91 Å². The number of benzene rings is 3. The van der Waals surface area contributed by atoms with Crippen LogP contribution >= 0.6 is 11.6 Å². The summed E-state index contributed by atoms with van der Waals surface area (Å²) in [5.74, 6) is 0.687. The average Bonchev–Trinajstić information content (AvgIpc) is 3.29. The van der Waals surface area contributed by atoms with Gasteiger partial charge in [-0.15, -0.1) is 0 Å². The number of hydrogen-bond acceptors (Lipinski definition) is 4. The first-order chi connectivity index (χ1) is 19.3. The molecule has 1 amide bonds. The fraction of sp³-hybridized carbons (Fsp3) is 0.394. The molecule has 1 fully saturated rings. The first kappa shape index (κ1) is 28.0. The van der Waals surface area contributed by atoms with Crippen molar-refractivity contribution in [3.05, 3.63) is 94.0 Å². The molecular formula is C33H36ClNO5. The topological polar surface area (TPSA) is 76.1 Å². The minimum atomic E-state index is -1.06. The van der Waals surface area contributed by atoms with Crippen LogP contribution in [-0.4, -0.2) is 47.2 Å². The van der Waals surface area contributed by atoms with Crippen LogP contribution in [0.5, 0.6) is 11.5 Å². The quantitative estimate of drug-likeness (QED) is 0.290. The van der Waals surface area contributed by atoms with Crippen molar-refractivity contribution in [3.8, 4) is 11.5 Å². The van der Waals surface area contributed by atoms with Gasteiger partial charge in [0.05, 0.1) is 6.54 Å². The first-order valence-corrected chi connectivity index (χ1v) is 14.5. The van der Waals surface area contributed by atoms with Gasteiger partial charge in [-0.25, -0.2) is 0 Å². The van der Waals surface area contributed by atoms with E-state index in [1.165, 1.54) is 42.6 Å². The van der Waals surface area contributed by atoms with Crippen molar-refractivity contribution >= 4 is 23.5 Å². The number of carboxylic acid groups (broad SMARTS) is 1. The molecule has 6 nitrogen and oxygen atoms in total. The number of carbonyl (C=O) groups is 2. The third-order valence-electron chi connectivity index (χ3n) is 7.92. The van der Waals surface area contributed by atoms with E-state index in [0.717, 1.165) is 22.6 Å². The number of hydrogen-bond donors (Lipinski definition) is 1. The van der Waals surface area contributed by atoms with Gasteiger partial charge in [-0.2, -0.15) is 0 Å². The maximum atomic E-state index is 13.4. The summed E-state index contributed by atoms with van der Waals surface area (Å²) in [6.07, 6.45) is 7.72. The normalized spacial score (nSPS) is 18.6. The Hall–Kier alpha value is -3.51. The summed E-state index contributed by atoms with van der Waals surface area (Å²) in [6.45, 7) is 2.02. The molecule has 1 heterocycles. The predicted octanol–water partition coefficient (Wildman–Crippen LogP) is 6.93. The monoisotopic (exact) mass is 561 g/mol. The van der Waals surface area contributed by atoms with Gasteiger partial charge in [-0.3, -0.25) is 9.59 Å². The molecule has 5 rings (SSSR count). The number of amides is 1. The second kappa shape index (κ2) is 12.3. The molecule has 210 valence electrons. The third kappa shape index (κ3) is 6.97. The summed E-state index contributed by atoms with van der Waals surface area (Å²) in [4.78, 5) is 26.3. The van der Waals surface area contributed by atoms with Crippen LogP contribution in [0.3, 0.4) is 0 Å². The number of rotatable bonds is 10. The van der Waals surface area contributed by atoms with Gasteiger partial charge in [0.1, 0.15) is 30.3 Å². The Labute approximate surface area is 240 Å². The lowest BCUT2D eigenvalue weighted by Gasteiger charge is -2.24. The Balaban J connectivity index is 1.20. The molecule has 7 heteroatoms. The zero-order valence-electron chi connectivity index (χ0n) is 22.9. The predicted molar refractivity (Wildman–Crippen MR) is 156 cm³/mol. The van der Waals surface area contributed by atoms with Crippen LogP contribution in [0.2, 0.25) is 5.02 Å². The molecule has 0 aromatic heterocycles. The van der Waals surface area contributed by atoms with E-state index in [0.29, 0.717) is 29.3 Å². The first-order valence-electron chi connectivity index (χ1n) is 14.1. The molecule has 1 N–H and O–H groups in total.